The molecule has 0 aromatic heterocycles. The standard InChI is InChI=1S/C17H29N3O2.HI/c1-17(2,3)10-6-7-11-19-16(18)20-14-12-13(21-4)8-9-15(14)22-5;/h8-9,12H,6-7,10-11H2,1-5H3,(H3,18,19,20);1H. The third-order valence-corrected chi connectivity index (χ3v) is 3.29. The van der Waals surface area contributed by atoms with Crippen LogP contribution in [0.5, 0.6) is 11.5 Å². The first-order valence-electron chi connectivity index (χ1n) is 7.64. The van der Waals surface area contributed by atoms with Crippen molar-refractivity contribution in [3.05, 3.63) is 18.2 Å². The van der Waals surface area contributed by atoms with E-state index in [-0.39, 0.29) is 24.0 Å². The molecule has 3 N–H and O–H groups in total. The zero-order valence-corrected chi connectivity index (χ0v) is 17.1. The van der Waals surface area contributed by atoms with Crippen molar-refractivity contribution >= 4 is 35.6 Å². The quantitative estimate of drug-likeness (QED) is 0.291. The molecule has 0 fully saturated rings. The number of benzene rings is 1. The number of hydrogen-bond donors (Lipinski definition) is 2. The molecule has 0 heterocycles. The minimum absolute atomic E-state index is 0. The lowest BCUT2D eigenvalue weighted by atomic mass is 9.90. The van der Waals surface area contributed by atoms with E-state index in [1.54, 1.807) is 14.2 Å². The Balaban J connectivity index is 0.00000484. The predicted molar refractivity (Wildman–Crippen MR) is 108 cm³/mol. The summed E-state index contributed by atoms with van der Waals surface area (Å²) in [6.45, 7) is 7.48. The van der Waals surface area contributed by atoms with E-state index in [0.29, 0.717) is 17.1 Å². The summed E-state index contributed by atoms with van der Waals surface area (Å²) >= 11 is 0. The second kappa shape index (κ2) is 10.6. The van der Waals surface area contributed by atoms with Crippen LogP contribution >= 0.6 is 24.0 Å². The van der Waals surface area contributed by atoms with Gasteiger partial charge in [-0.25, -0.2) is 0 Å². The fourth-order valence-electron chi connectivity index (χ4n) is 2.06. The monoisotopic (exact) mass is 435 g/mol. The summed E-state index contributed by atoms with van der Waals surface area (Å²) in [4.78, 5) is 4.36. The lowest BCUT2D eigenvalue weighted by Crippen LogP contribution is -2.23. The molecule has 0 spiro atoms. The number of aliphatic imine (C=N–C) groups is 1. The Morgan fingerprint density at radius 3 is 2.43 bits per heavy atom. The maximum Gasteiger partial charge on any atom is 0.193 e. The highest BCUT2D eigenvalue weighted by atomic mass is 127. The van der Waals surface area contributed by atoms with Gasteiger partial charge in [-0.05, 0) is 30.4 Å². The SMILES string of the molecule is COc1ccc(OC)c(NC(N)=NCCCCC(C)(C)C)c1.I. The van der Waals surface area contributed by atoms with Gasteiger partial charge in [-0.2, -0.15) is 0 Å². The summed E-state index contributed by atoms with van der Waals surface area (Å²) < 4.78 is 10.5. The van der Waals surface area contributed by atoms with Crippen LogP contribution < -0.4 is 20.5 Å². The molecule has 0 aliphatic carbocycles. The Labute approximate surface area is 157 Å². The van der Waals surface area contributed by atoms with Crippen LogP contribution in [0.3, 0.4) is 0 Å². The Kier molecular flexibility index (Phi) is 10.0. The number of ether oxygens (including phenoxy) is 2. The van der Waals surface area contributed by atoms with Gasteiger partial charge in [0.15, 0.2) is 5.96 Å². The average Bonchev–Trinajstić information content (AvgIpc) is 2.45. The van der Waals surface area contributed by atoms with Crippen molar-refractivity contribution in [1.82, 2.24) is 0 Å². The summed E-state index contributed by atoms with van der Waals surface area (Å²) in [5.74, 6) is 1.83. The molecule has 5 nitrogen and oxygen atoms in total. The van der Waals surface area contributed by atoms with E-state index in [9.17, 15) is 0 Å². The number of rotatable bonds is 7. The first kappa shape index (κ1) is 21.8. The maximum absolute atomic E-state index is 5.93. The summed E-state index contributed by atoms with van der Waals surface area (Å²) in [5.41, 5.74) is 7.06. The molecule has 0 aliphatic heterocycles. The van der Waals surface area contributed by atoms with Crippen LogP contribution in [-0.2, 0) is 0 Å². The first-order valence-corrected chi connectivity index (χ1v) is 7.64. The first-order chi connectivity index (χ1) is 10.4. The van der Waals surface area contributed by atoms with Gasteiger partial charge in [-0.15, -0.1) is 24.0 Å². The number of halogens is 1. The summed E-state index contributed by atoms with van der Waals surface area (Å²) in [7, 11) is 3.24. The zero-order chi connectivity index (χ0) is 16.6. The van der Waals surface area contributed by atoms with Crippen molar-refractivity contribution in [1.29, 1.82) is 0 Å². The number of anilines is 1. The second-order valence-corrected chi connectivity index (χ2v) is 6.48. The number of methoxy groups -OCH3 is 2. The molecule has 0 saturated carbocycles. The topological polar surface area (TPSA) is 68.9 Å². The van der Waals surface area contributed by atoms with E-state index in [1.165, 1.54) is 6.42 Å². The van der Waals surface area contributed by atoms with Crippen LogP contribution in [-0.4, -0.2) is 26.7 Å². The number of unbranched alkanes of at least 4 members (excludes halogenated alkanes) is 1. The summed E-state index contributed by atoms with van der Waals surface area (Å²) in [6.07, 6.45) is 3.39. The highest BCUT2D eigenvalue weighted by Crippen LogP contribution is 2.28. The van der Waals surface area contributed by atoms with Gasteiger partial charge in [0, 0.05) is 12.6 Å². The highest BCUT2D eigenvalue weighted by Gasteiger charge is 2.09. The van der Waals surface area contributed by atoms with Crippen molar-refractivity contribution in [3.63, 3.8) is 0 Å². The molecular formula is C17H30IN3O2. The largest absolute Gasteiger partial charge is 0.497 e. The molecule has 0 unspecified atom stereocenters. The molecule has 0 aliphatic rings. The van der Waals surface area contributed by atoms with Crippen molar-refractivity contribution in [2.24, 2.45) is 16.1 Å². The van der Waals surface area contributed by atoms with E-state index < -0.39 is 0 Å². The van der Waals surface area contributed by atoms with Crippen LogP contribution in [0.25, 0.3) is 0 Å². The van der Waals surface area contributed by atoms with Gasteiger partial charge in [-0.1, -0.05) is 27.2 Å². The van der Waals surface area contributed by atoms with Crippen LogP contribution in [0.4, 0.5) is 5.69 Å². The van der Waals surface area contributed by atoms with Crippen molar-refractivity contribution in [2.75, 3.05) is 26.1 Å². The van der Waals surface area contributed by atoms with E-state index >= 15 is 0 Å². The number of hydrogen-bond acceptors (Lipinski definition) is 3. The van der Waals surface area contributed by atoms with E-state index in [2.05, 4.69) is 31.1 Å². The molecule has 0 amide bonds. The van der Waals surface area contributed by atoms with Gasteiger partial charge in [-0.3, -0.25) is 4.99 Å². The third kappa shape index (κ3) is 8.88. The van der Waals surface area contributed by atoms with E-state index in [0.717, 1.165) is 30.8 Å². The summed E-state index contributed by atoms with van der Waals surface area (Å²) in [5, 5.41) is 3.07. The van der Waals surface area contributed by atoms with Crippen LogP contribution in [0.2, 0.25) is 0 Å². The van der Waals surface area contributed by atoms with Crippen LogP contribution in [0, 0.1) is 5.41 Å². The van der Waals surface area contributed by atoms with Gasteiger partial charge < -0.3 is 20.5 Å². The van der Waals surface area contributed by atoms with Crippen molar-refractivity contribution in [3.8, 4) is 11.5 Å². The molecule has 1 aromatic rings. The van der Waals surface area contributed by atoms with Crippen LogP contribution in [0.15, 0.2) is 23.2 Å². The number of nitrogens with two attached hydrogens (primary N) is 1. The third-order valence-electron chi connectivity index (χ3n) is 3.29. The predicted octanol–water partition coefficient (Wildman–Crippen LogP) is 4.26. The molecule has 23 heavy (non-hydrogen) atoms. The molecular weight excluding hydrogens is 405 g/mol. The number of guanidine groups is 1. The average molecular weight is 435 g/mol. The smallest absolute Gasteiger partial charge is 0.193 e. The van der Waals surface area contributed by atoms with Gasteiger partial charge in [0.25, 0.3) is 0 Å². The number of nitrogens with one attached hydrogen (secondary N) is 1. The molecule has 1 rings (SSSR count). The zero-order valence-electron chi connectivity index (χ0n) is 14.8. The molecule has 0 bridgehead atoms. The van der Waals surface area contributed by atoms with Gasteiger partial charge in [0.05, 0.1) is 19.9 Å². The maximum atomic E-state index is 5.93. The van der Waals surface area contributed by atoms with Crippen molar-refractivity contribution in [2.45, 2.75) is 40.0 Å². The minimum atomic E-state index is 0. The second-order valence-electron chi connectivity index (χ2n) is 6.48. The molecule has 6 heteroatoms. The lowest BCUT2D eigenvalue weighted by molar-refractivity contribution is 0.361. The van der Waals surface area contributed by atoms with E-state index in [4.69, 9.17) is 15.2 Å². The normalized spacial score (nSPS) is 11.6. The Morgan fingerprint density at radius 2 is 1.87 bits per heavy atom. The number of nitrogens with zero attached hydrogens (tertiary/aromatic N) is 1. The molecule has 1 aromatic carbocycles. The molecule has 0 radical (unpaired) electrons. The van der Waals surface area contributed by atoms with E-state index in [1.807, 2.05) is 18.2 Å². The molecule has 0 saturated heterocycles. The van der Waals surface area contributed by atoms with Gasteiger partial charge in [0.1, 0.15) is 11.5 Å². The Bertz CT molecular complexity index is 499. The van der Waals surface area contributed by atoms with Gasteiger partial charge in [0.2, 0.25) is 0 Å². The summed E-state index contributed by atoms with van der Waals surface area (Å²) in [6, 6.07) is 5.50. The lowest BCUT2D eigenvalue weighted by Gasteiger charge is -2.17. The molecule has 132 valence electrons. The minimum Gasteiger partial charge on any atom is -0.497 e. The highest BCUT2D eigenvalue weighted by molar-refractivity contribution is 14.0. The van der Waals surface area contributed by atoms with Crippen molar-refractivity contribution < 1.29 is 9.47 Å². The Morgan fingerprint density at radius 1 is 1.17 bits per heavy atom. The molecule has 0 atom stereocenters. The Hall–Kier alpha value is -1.18. The van der Waals surface area contributed by atoms with Gasteiger partial charge >= 0.3 is 0 Å². The fraction of sp³-hybridized carbons (Fsp3) is 0.588. The van der Waals surface area contributed by atoms with Crippen LogP contribution in [0.1, 0.15) is 40.0 Å². The fourth-order valence-corrected chi connectivity index (χ4v) is 2.06.